The standard InChI is InChI=1S/C15H18N2O3/c1-15(14(19)20)5-7-17(9-15)13(18)11-4-6-16-12(8-11)10-2-3-10/h4,6,8,10H,2-3,5,7,9H2,1H3,(H,19,20). The number of pyridine rings is 1. The largest absolute Gasteiger partial charge is 0.481 e. The van der Waals surface area contributed by atoms with Crippen LogP contribution in [0.1, 0.15) is 48.2 Å². The maximum atomic E-state index is 12.5. The monoisotopic (exact) mass is 274 g/mol. The Labute approximate surface area is 117 Å². The molecule has 1 aliphatic heterocycles. The summed E-state index contributed by atoms with van der Waals surface area (Å²) in [7, 11) is 0. The van der Waals surface area contributed by atoms with Crippen molar-refractivity contribution in [3.05, 3.63) is 29.6 Å². The van der Waals surface area contributed by atoms with Gasteiger partial charge in [-0.05, 0) is 38.3 Å². The van der Waals surface area contributed by atoms with Gasteiger partial charge < -0.3 is 10.0 Å². The van der Waals surface area contributed by atoms with Crippen molar-refractivity contribution in [3.63, 3.8) is 0 Å². The van der Waals surface area contributed by atoms with Crippen LogP contribution in [0.4, 0.5) is 0 Å². The van der Waals surface area contributed by atoms with Crippen LogP contribution < -0.4 is 0 Å². The number of likely N-dealkylation sites (tertiary alicyclic amines) is 1. The molecule has 1 unspecified atom stereocenters. The summed E-state index contributed by atoms with van der Waals surface area (Å²) in [4.78, 5) is 29.6. The lowest BCUT2D eigenvalue weighted by Crippen LogP contribution is -2.34. The molecule has 2 heterocycles. The lowest BCUT2D eigenvalue weighted by Gasteiger charge is -2.20. The van der Waals surface area contributed by atoms with Crippen LogP contribution >= 0.6 is 0 Å². The van der Waals surface area contributed by atoms with Crippen LogP contribution in [-0.4, -0.2) is 40.0 Å². The van der Waals surface area contributed by atoms with Crippen molar-refractivity contribution in [2.24, 2.45) is 5.41 Å². The first-order valence-corrected chi connectivity index (χ1v) is 6.98. The lowest BCUT2D eigenvalue weighted by atomic mass is 9.90. The maximum Gasteiger partial charge on any atom is 0.311 e. The van der Waals surface area contributed by atoms with Gasteiger partial charge in [0, 0.05) is 36.5 Å². The van der Waals surface area contributed by atoms with Gasteiger partial charge in [-0.1, -0.05) is 0 Å². The molecule has 0 bridgehead atoms. The van der Waals surface area contributed by atoms with E-state index in [2.05, 4.69) is 4.98 Å². The average molecular weight is 274 g/mol. The highest BCUT2D eigenvalue weighted by Crippen LogP contribution is 2.39. The zero-order chi connectivity index (χ0) is 14.3. The topological polar surface area (TPSA) is 70.5 Å². The molecule has 106 valence electrons. The Morgan fingerprint density at radius 3 is 2.80 bits per heavy atom. The van der Waals surface area contributed by atoms with E-state index in [0.29, 0.717) is 24.4 Å². The summed E-state index contributed by atoms with van der Waals surface area (Å²) in [5, 5.41) is 9.22. The van der Waals surface area contributed by atoms with E-state index in [-0.39, 0.29) is 12.5 Å². The van der Waals surface area contributed by atoms with E-state index in [4.69, 9.17) is 0 Å². The summed E-state index contributed by atoms with van der Waals surface area (Å²) in [6.45, 7) is 2.48. The summed E-state index contributed by atoms with van der Waals surface area (Å²) in [5.41, 5.74) is 0.787. The fraction of sp³-hybridized carbons (Fsp3) is 0.533. The minimum Gasteiger partial charge on any atom is -0.481 e. The van der Waals surface area contributed by atoms with Gasteiger partial charge in [0.25, 0.3) is 5.91 Å². The molecule has 1 atom stereocenters. The molecule has 0 aromatic carbocycles. The Kier molecular flexibility index (Phi) is 3.00. The van der Waals surface area contributed by atoms with Crippen LogP contribution in [-0.2, 0) is 4.79 Å². The Bertz CT molecular complexity index is 568. The van der Waals surface area contributed by atoms with Crippen molar-refractivity contribution in [1.29, 1.82) is 0 Å². The Balaban J connectivity index is 1.76. The highest BCUT2D eigenvalue weighted by molar-refractivity contribution is 5.95. The van der Waals surface area contributed by atoms with E-state index in [1.807, 2.05) is 6.07 Å². The molecule has 0 radical (unpaired) electrons. The molecule has 1 amide bonds. The van der Waals surface area contributed by atoms with Crippen molar-refractivity contribution in [2.75, 3.05) is 13.1 Å². The minimum atomic E-state index is -0.832. The number of rotatable bonds is 3. The molecular formula is C15H18N2O3. The molecule has 3 rings (SSSR count). The molecule has 1 saturated carbocycles. The summed E-state index contributed by atoms with van der Waals surface area (Å²) in [6, 6.07) is 3.57. The van der Waals surface area contributed by atoms with Crippen molar-refractivity contribution >= 4 is 11.9 Å². The SMILES string of the molecule is CC1(C(=O)O)CCN(C(=O)c2ccnc(C3CC3)c2)C1. The van der Waals surface area contributed by atoms with Crippen molar-refractivity contribution in [2.45, 2.75) is 32.1 Å². The Morgan fingerprint density at radius 1 is 1.45 bits per heavy atom. The molecule has 5 heteroatoms. The fourth-order valence-corrected chi connectivity index (χ4v) is 2.68. The van der Waals surface area contributed by atoms with E-state index in [1.54, 1.807) is 24.1 Å². The third kappa shape index (κ3) is 2.28. The predicted octanol–water partition coefficient (Wildman–Crippen LogP) is 1.90. The molecule has 1 aromatic heterocycles. The molecular weight excluding hydrogens is 256 g/mol. The first kappa shape index (κ1) is 13.1. The highest BCUT2D eigenvalue weighted by atomic mass is 16.4. The van der Waals surface area contributed by atoms with E-state index in [9.17, 15) is 14.7 Å². The average Bonchev–Trinajstić information content (AvgIpc) is 3.21. The quantitative estimate of drug-likeness (QED) is 0.913. The lowest BCUT2D eigenvalue weighted by molar-refractivity contribution is -0.147. The summed E-state index contributed by atoms with van der Waals surface area (Å²) < 4.78 is 0. The molecule has 20 heavy (non-hydrogen) atoms. The molecule has 1 N–H and O–H groups in total. The smallest absolute Gasteiger partial charge is 0.311 e. The molecule has 1 aliphatic carbocycles. The van der Waals surface area contributed by atoms with E-state index in [1.165, 1.54) is 0 Å². The van der Waals surface area contributed by atoms with Gasteiger partial charge >= 0.3 is 5.97 Å². The number of nitrogens with zero attached hydrogens (tertiary/aromatic N) is 2. The second kappa shape index (κ2) is 4.58. The van der Waals surface area contributed by atoms with Crippen molar-refractivity contribution in [3.8, 4) is 0 Å². The maximum absolute atomic E-state index is 12.5. The van der Waals surface area contributed by atoms with Gasteiger partial charge in [-0.3, -0.25) is 14.6 Å². The van der Waals surface area contributed by atoms with E-state index in [0.717, 1.165) is 18.5 Å². The zero-order valence-electron chi connectivity index (χ0n) is 11.5. The van der Waals surface area contributed by atoms with Gasteiger partial charge in [-0.25, -0.2) is 0 Å². The number of aliphatic carboxylic acids is 1. The third-order valence-electron chi connectivity index (χ3n) is 4.30. The first-order chi connectivity index (χ1) is 9.49. The van der Waals surface area contributed by atoms with Gasteiger partial charge in [-0.15, -0.1) is 0 Å². The van der Waals surface area contributed by atoms with Gasteiger partial charge in [0.05, 0.1) is 5.41 Å². The van der Waals surface area contributed by atoms with Crippen LogP contribution in [0, 0.1) is 5.41 Å². The predicted molar refractivity (Wildman–Crippen MR) is 72.5 cm³/mol. The number of carbonyl (C=O) groups is 2. The van der Waals surface area contributed by atoms with Gasteiger partial charge in [0.1, 0.15) is 0 Å². The van der Waals surface area contributed by atoms with Crippen LogP contribution in [0.2, 0.25) is 0 Å². The molecule has 2 aliphatic rings. The highest BCUT2D eigenvalue weighted by Gasteiger charge is 2.42. The molecule has 0 spiro atoms. The Morgan fingerprint density at radius 2 is 2.20 bits per heavy atom. The number of carboxylic acids is 1. The fourth-order valence-electron chi connectivity index (χ4n) is 2.68. The second-order valence-electron chi connectivity index (χ2n) is 6.09. The van der Waals surface area contributed by atoms with Crippen molar-refractivity contribution < 1.29 is 14.7 Å². The van der Waals surface area contributed by atoms with Crippen LogP contribution in [0.3, 0.4) is 0 Å². The summed E-state index contributed by atoms with van der Waals surface area (Å²) in [5.74, 6) is -0.411. The number of carboxylic acid groups (broad SMARTS) is 1. The number of hydrogen-bond acceptors (Lipinski definition) is 3. The summed E-state index contributed by atoms with van der Waals surface area (Å²) >= 11 is 0. The second-order valence-corrected chi connectivity index (χ2v) is 6.09. The molecule has 2 fully saturated rings. The molecule has 1 aromatic rings. The normalized spacial score (nSPS) is 25.8. The summed E-state index contributed by atoms with van der Waals surface area (Å²) in [6.07, 6.45) is 4.47. The Hall–Kier alpha value is -1.91. The van der Waals surface area contributed by atoms with E-state index < -0.39 is 11.4 Å². The third-order valence-corrected chi connectivity index (χ3v) is 4.30. The molecule has 1 saturated heterocycles. The van der Waals surface area contributed by atoms with Gasteiger partial charge in [-0.2, -0.15) is 0 Å². The minimum absolute atomic E-state index is 0.0840. The van der Waals surface area contributed by atoms with Crippen LogP contribution in [0.25, 0.3) is 0 Å². The van der Waals surface area contributed by atoms with Gasteiger partial charge in [0.15, 0.2) is 0 Å². The van der Waals surface area contributed by atoms with Crippen molar-refractivity contribution in [1.82, 2.24) is 9.88 Å². The number of aromatic nitrogens is 1. The number of hydrogen-bond donors (Lipinski definition) is 1. The number of carbonyl (C=O) groups excluding carboxylic acids is 1. The van der Waals surface area contributed by atoms with Crippen LogP contribution in [0.15, 0.2) is 18.3 Å². The van der Waals surface area contributed by atoms with Gasteiger partial charge in [0.2, 0.25) is 0 Å². The zero-order valence-corrected chi connectivity index (χ0v) is 11.5. The number of amides is 1. The molecule has 5 nitrogen and oxygen atoms in total. The van der Waals surface area contributed by atoms with E-state index >= 15 is 0 Å². The van der Waals surface area contributed by atoms with Crippen LogP contribution in [0.5, 0.6) is 0 Å². The first-order valence-electron chi connectivity index (χ1n) is 6.98.